The number of carbonyl (C=O) groups excluding carboxylic acids is 1. The molecule has 0 amide bonds. The van der Waals surface area contributed by atoms with Crippen LogP contribution in [0.3, 0.4) is 0 Å². The van der Waals surface area contributed by atoms with E-state index in [0.717, 1.165) is 11.1 Å². The fourth-order valence-corrected chi connectivity index (χ4v) is 5.39. The Labute approximate surface area is 235 Å². The van der Waals surface area contributed by atoms with Crippen LogP contribution in [-0.2, 0) is 16.6 Å². The van der Waals surface area contributed by atoms with E-state index in [2.05, 4.69) is 14.7 Å². The monoisotopic (exact) mass is 561 g/mol. The number of halogens is 2. The van der Waals surface area contributed by atoms with Crippen LogP contribution in [-0.4, -0.2) is 53.2 Å². The van der Waals surface area contributed by atoms with E-state index in [9.17, 15) is 9.59 Å². The smallest absolute Gasteiger partial charge is 0.324 e. The van der Waals surface area contributed by atoms with Crippen molar-refractivity contribution in [2.75, 3.05) is 31.6 Å². The SMILES string of the molecule is [C-]#[N+]c1ccc2c(n1)c(N1CCN(C(c3ccc(Cl)cc3)c3ccc(Cl)cc3)C(C(=O)OC)C1)cc(=O)n2C. The Balaban J connectivity index is 1.59. The number of methoxy groups -OCH3 is 1. The van der Waals surface area contributed by atoms with Gasteiger partial charge in [0.25, 0.3) is 11.4 Å². The third-order valence-corrected chi connectivity index (χ3v) is 7.61. The molecule has 0 aliphatic carbocycles. The predicted octanol–water partition coefficient (Wildman–Crippen LogP) is 5.24. The van der Waals surface area contributed by atoms with Crippen molar-refractivity contribution in [2.45, 2.75) is 12.1 Å². The lowest BCUT2D eigenvalue weighted by molar-refractivity contribution is -0.148. The maximum absolute atomic E-state index is 13.3. The molecule has 1 aliphatic rings. The molecular formula is C29H25Cl2N5O3. The van der Waals surface area contributed by atoms with Crippen molar-refractivity contribution < 1.29 is 9.53 Å². The van der Waals surface area contributed by atoms with E-state index in [1.807, 2.05) is 53.4 Å². The number of rotatable bonds is 5. The van der Waals surface area contributed by atoms with Gasteiger partial charge in [0.2, 0.25) is 5.52 Å². The normalized spacial score (nSPS) is 15.9. The number of pyridine rings is 2. The highest BCUT2D eigenvalue weighted by atomic mass is 35.5. The first-order valence-corrected chi connectivity index (χ1v) is 13.0. The lowest BCUT2D eigenvalue weighted by atomic mass is 9.94. The first-order valence-electron chi connectivity index (χ1n) is 12.3. The van der Waals surface area contributed by atoms with E-state index < -0.39 is 12.0 Å². The number of aryl methyl sites for hydroxylation is 1. The molecule has 0 radical (unpaired) electrons. The number of benzene rings is 2. The van der Waals surface area contributed by atoms with Crippen LogP contribution < -0.4 is 10.5 Å². The molecule has 2 aromatic heterocycles. The highest BCUT2D eigenvalue weighted by molar-refractivity contribution is 6.30. The number of carbonyl (C=O) groups is 1. The molecule has 0 N–H and O–H groups in total. The largest absolute Gasteiger partial charge is 0.468 e. The summed E-state index contributed by atoms with van der Waals surface area (Å²) in [6, 6.07) is 19.0. The van der Waals surface area contributed by atoms with Crippen LogP contribution in [0.15, 0.2) is 71.5 Å². The molecule has 39 heavy (non-hydrogen) atoms. The minimum Gasteiger partial charge on any atom is -0.468 e. The maximum Gasteiger partial charge on any atom is 0.324 e. The van der Waals surface area contributed by atoms with E-state index in [1.165, 1.54) is 17.7 Å². The summed E-state index contributed by atoms with van der Waals surface area (Å²) in [4.78, 5) is 38.2. The van der Waals surface area contributed by atoms with Crippen LogP contribution >= 0.6 is 23.2 Å². The maximum atomic E-state index is 13.3. The summed E-state index contributed by atoms with van der Waals surface area (Å²) in [5.41, 5.74) is 3.46. The van der Waals surface area contributed by atoms with Gasteiger partial charge in [0.05, 0.1) is 24.4 Å². The average molecular weight is 562 g/mol. The number of ether oxygens (including phenoxy) is 1. The molecule has 4 aromatic rings. The van der Waals surface area contributed by atoms with Gasteiger partial charge in [-0.15, -0.1) is 4.98 Å². The summed E-state index contributed by atoms with van der Waals surface area (Å²) in [6.45, 7) is 8.66. The van der Waals surface area contributed by atoms with Crippen LogP contribution in [0.1, 0.15) is 17.2 Å². The molecule has 5 rings (SSSR count). The number of aromatic nitrogens is 2. The van der Waals surface area contributed by atoms with E-state index in [0.29, 0.717) is 39.9 Å². The van der Waals surface area contributed by atoms with Crippen LogP contribution in [0, 0.1) is 6.57 Å². The van der Waals surface area contributed by atoms with Crippen LogP contribution in [0.2, 0.25) is 10.0 Å². The Morgan fingerprint density at radius 3 is 2.21 bits per heavy atom. The van der Waals surface area contributed by atoms with Crippen molar-refractivity contribution in [1.82, 2.24) is 14.5 Å². The fraction of sp³-hybridized carbons (Fsp3) is 0.241. The van der Waals surface area contributed by atoms with Crippen LogP contribution in [0.25, 0.3) is 15.9 Å². The van der Waals surface area contributed by atoms with Gasteiger partial charge in [-0.05, 0) is 47.5 Å². The van der Waals surface area contributed by atoms with E-state index >= 15 is 0 Å². The number of anilines is 1. The second-order valence-corrected chi connectivity index (χ2v) is 10.2. The molecule has 1 saturated heterocycles. The molecule has 1 atom stereocenters. The third kappa shape index (κ3) is 5.21. The zero-order chi connectivity index (χ0) is 27.7. The van der Waals surface area contributed by atoms with Gasteiger partial charge >= 0.3 is 5.97 Å². The second kappa shape index (κ2) is 11.1. The molecule has 10 heteroatoms. The summed E-state index contributed by atoms with van der Waals surface area (Å²) >= 11 is 12.4. The Kier molecular flexibility index (Phi) is 7.58. The lowest BCUT2D eigenvalue weighted by Crippen LogP contribution is -2.58. The molecule has 1 unspecified atom stereocenters. The van der Waals surface area contributed by atoms with E-state index in [1.54, 1.807) is 19.2 Å². The number of esters is 1. The van der Waals surface area contributed by atoms with Crippen molar-refractivity contribution in [3.8, 4) is 0 Å². The van der Waals surface area contributed by atoms with Gasteiger partial charge in [0, 0.05) is 42.8 Å². The molecule has 2 aromatic carbocycles. The minimum absolute atomic E-state index is 0.202. The molecule has 198 valence electrons. The first kappa shape index (κ1) is 26.7. The predicted molar refractivity (Wildman–Crippen MR) is 153 cm³/mol. The first-order chi connectivity index (χ1) is 18.8. The van der Waals surface area contributed by atoms with Crippen molar-refractivity contribution in [2.24, 2.45) is 7.05 Å². The zero-order valence-electron chi connectivity index (χ0n) is 21.3. The van der Waals surface area contributed by atoms with Crippen LogP contribution in [0.5, 0.6) is 0 Å². The lowest BCUT2D eigenvalue weighted by Gasteiger charge is -2.44. The number of nitrogens with zero attached hydrogens (tertiary/aromatic N) is 5. The zero-order valence-corrected chi connectivity index (χ0v) is 22.9. The Hall–Kier alpha value is -3.90. The standard InChI is InChI=1S/C29H25Cl2N5O3/c1-32-25-13-12-22-27(33-25)23(16-26(37)34(22)2)35-14-15-36(24(17-35)29(38)39-3)28(18-4-8-20(30)9-5-18)19-6-10-21(31)11-7-19/h4-13,16,24,28H,14-15,17H2,2-3H3. The van der Waals surface area contributed by atoms with E-state index in [4.69, 9.17) is 34.5 Å². The summed E-state index contributed by atoms with van der Waals surface area (Å²) in [5, 5.41) is 1.23. The van der Waals surface area contributed by atoms with Crippen molar-refractivity contribution in [3.63, 3.8) is 0 Å². The third-order valence-electron chi connectivity index (χ3n) is 7.11. The molecule has 3 heterocycles. The minimum atomic E-state index is -0.664. The Morgan fingerprint density at radius 1 is 1.03 bits per heavy atom. The van der Waals surface area contributed by atoms with Gasteiger partial charge in [-0.3, -0.25) is 14.5 Å². The molecule has 1 aliphatic heterocycles. The van der Waals surface area contributed by atoms with Gasteiger partial charge in [-0.1, -0.05) is 54.0 Å². The highest BCUT2D eigenvalue weighted by Gasteiger charge is 2.39. The van der Waals surface area contributed by atoms with Gasteiger partial charge in [0.15, 0.2) is 0 Å². The van der Waals surface area contributed by atoms with Crippen molar-refractivity contribution in [3.05, 3.63) is 110 Å². The molecular weight excluding hydrogens is 537 g/mol. The van der Waals surface area contributed by atoms with E-state index in [-0.39, 0.29) is 24.0 Å². The topological polar surface area (TPSA) is 72.0 Å². The van der Waals surface area contributed by atoms with Crippen molar-refractivity contribution in [1.29, 1.82) is 0 Å². The number of hydrogen-bond acceptors (Lipinski definition) is 6. The average Bonchev–Trinajstić information content (AvgIpc) is 2.96. The van der Waals surface area contributed by atoms with Gasteiger partial charge in [-0.25, -0.2) is 0 Å². The number of fused-ring (bicyclic) bond motifs is 1. The fourth-order valence-electron chi connectivity index (χ4n) is 5.14. The molecule has 0 bridgehead atoms. The quantitative estimate of drug-likeness (QED) is 0.245. The number of piperazine rings is 1. The second-order valence-electron chi connectivity index (χ2n) is 9.30. The molecule has 8 nitrogen and oxygen atoms in total. The molecule has 1 fully saturated rings. The Morgan fingerprint density at radius 2 is 1.64 bits per heavy atom. The Bertz CT molecular complexity index is 1590. The van der Waals surface area contributed by atoms with Crippen molar-refractivity contribution >= 4 is 51.7 Å². The van der Waals surface area contributed by atoms with Gasteiger partial charge < -0.3 is 19.0 Å². The van der Waals surface area contributed by atoms with Gasteiger partial charge in [0.1, 0.15) is 6.04 Å². The number of hydrogen-bond donors (Lipinski definition) is 0. The summed E-state index contributed by atoms with van der Waals surface area (Å²) in [6.07, 6.45) is 0. The van der Waals surface area contributed by atoms with Crippen LogP contribution in [0.4, 0.5) is 11.5 Å². The van der Waals surface area contributed by atoms with Gasteiger partial charge in [-0.2, -0.15) is 0 Å². The molecule has 0 spiro atoms. The summed E-state index contributed by atoms with van der Waals surface area (Å²) in [7, 11) is 3.04. The molecule has 0 saturated carbocycles. The summed E-state index contributed by atoms with van der Waals surface area (Å²) in [5.74, 6) is -0.160. The summed E-state index contributed by atoms with van der Waals surface area (Å²) < 4.78 is 6.77. The highest BCUT2D eigenvalue weighted by Crippen LogP contribution is 2.35.